The summed E-state index contributed by atoms with van der Waals surface area (Å²) in [5, 5.41) is 0.223. The molecule has 49 heavy (non-hydrogen) atoms. The summed E-state index contributed by atoms with van der Waals surface area (Å²) in [5.74, 6) is -0.136. The molecule has 3 aromatic rings. The maximum absolute atomic E-state index is 14.1. The van der Waals surface area contributed by atoms with Gasteiger partial charge in [-0.3, -0.25) is 9.69 Å². The fraction of sp³-hybridized carbons (Fsp3) is 0.314. The minimum atomic E-state index is -4.51. The Labute approximate surface area is 289 Å². The first kappa shape index (κ1) is 34.5. The van der Waals surface area contributed by atoms with Gasteiger partial charge in [0.15, 0.2) is 11.9 Å². The Morgan fingerprint density at radius 1 is 0.980 bits per heavy atom. The van der Waals surface area contributed by atoms with Crippen molar-refractivity contribution in [2.24, 2.45) is 5.73 Å². The van der Waals surface area contributed by atoms with Crippen LogP contribution in [0.2, 0.25) is 10.0 Å². The number of alkyl halides is 3. The zero-order valence-electron chi connectivity index (χ0n) is 25.9. The van der Waals surface area contributed by atoms with Crippen molar-refractivity contribution >= 4 is 40.7 Å². The molecule has 2 aliphatic heterocycles. The Bertz CT molecular complexity index is 1790. The molecule has 1 amide bonds. The lowest BCUT2D eigenvalue weighted by atomic mass is 9.92. The second-order valence-corrected chi connectivity index (χ2v) is 12.5. The lowest BCUT2D eigenvalue weighted by molar-refractivity contribution is -0.145. The highest BCUT2D eigenvalue weighted by molar-refractivity contribution is 6.32. The van der Waals surface area contributed by atoms with E-state index in [1.807, 2.05) is 17.0 Å². The monoisotopic (exact) mass is 718 g/mol. The highest BCUT2D eigenvalue weighted by Gasteiger charge is 2.54. The lowest BCUT2D eigenvalue weighted by Crippen LogP contribution is -2.50. The third kappa shape index (κ3) is 7.61. The lowest BCUT2D eigenvalue weighted by Gasteiger charge is -2.35. The molecule has 2 N–H and O–H groups in total. The summed E-state index contributed by atoms with van der Waals surface area (Å²) in [4.78, 5) is 28.4. The molecule has 6 rings (SSSR count). The summed E-state index contributed by atoms with van der Waals surface area (Å²) >= 11 is 12.4. The van der Waals surface area contributed by atoms with Gasteiger partial charge in [-0.05, 0) is 66.8 Å². The van der Waals surface area contributed by atoms with Gasteiger partial charge in [0.1, 0.15) is 36.5 Å². The van der Waals surface area contributed by atoms with Crippen molar-refractivity contribution in [3.63, 3.8) is 0 Å². The van der Waals surface area contributed by atoms with Gasteiger partial charge in [-0.15, -0.1) is 0 Å². The van der Waals surface area contributed by atoms with E-state index < -0.39 is 35.3 Å². The summed E-state index contributed by atoms with van der Waals surface area (Å²) in [5.41, 5.74) is 6.50. The van der Waals surface area contributed by atoms with E-state index in [-0.39, 0.29) is 43.1 Å². The molecule has 0 spiro atoms. The average molecular weight is 720 g/mol. The van der Waals surface area contributed by atoms with Gasteiger partial charge in [0.25, 0.3) is 0 Å². The summed E-state index contributed by atoms with van der Waals surface area (Å²) in [6.45, 7) is 0.744. The molecular weight excluding hydrogens is 688 g/mol. The number of halogens is 5. The van der Waals surface area contributed by atoms with Crippen LogP contribution < -0.4 is 15.2 Å². The quantitative estimate of drug-likeness (QED) is 0.156. The molecule has 0 saturated heterocycles. The van der Waals surface area contributed by atoms with E-state index in [9.17, 15) is 22.8 Å². The van der Waals surface area contributed by atoms with E-state index in [2.05, 4.69) is 0 Å². The van der Waals surface area contributed by atoms with Crippen LogP contribution in [0.15, 0.2) is 84.3 Å². The van der Waals surface area contributed by atoms with Crippen LogP contribution in [-0.2, 0) is 30.0 Å². The number of hydrogen-bond donors (Lipinski definition) is 1. The van der Waals surface area contributed by atoms with Gasteiger partial charge < -0.3 is 29.4 Å². The van der Waals surface area contributed by atoms with Crippen LogP contribution in [0.5, 0.6) is 11.5 Å². The van der Waals surface area contributed by atoms with Gasteiger partial charge in [0.2, 0.25) is 12.7 Å². The van der Waals surface area contributed by atoms with Crippen LogP contribution in [0.1, 0.15) is 42.1 Å². The van der Waals surface area contributed by atoms with Gasteiger partial charge in [-0.1, -0.05) is 53.5 Å². The van der Waals surface area contributed by atoms with Crippen molar-refractivity contribution in [3.8, 4) is 11.5 Å². The Balaban J connectivity index is 1.19. The second kappa shape index (κ2) is 14.2. The molecule has 0 radical (unpaired) electrons. The van der Waals surface area contributed by atoms with Crippen molar-refractivity contribution in [2.75, 3.05) is 33.1 Å². The zero-order valence-corrected chi connectivity index (χ0v) is 27.4. The first-order valence-electron chi connectivity index (χ1n) is 15.4. The number of hydrogen-bond acceptors (Lipinski definition) is 8. The van der Waals surface area contributed by atoms with Gasteiger partial charge in [-0.2, -0.15) is 13.2 Å². The third-order valence-electron chi connectivity index (χ3n) is 8.61. The maximum Gasteiger partial charge on any atom is 0.416 e. The molecule has 1 fully saturated rings. The second-order valence-electron chi connectivity index (χ2n) is 11.6. The largest absolute Gasteiger partial charge is 0.490 e. The number of ether oxygens (including phenoxy) is 5. The maximum atomic E-state index is 14.1. The third-order valence-corrected chi connectivity index (χ3v) is 9.25. The smallest absolute Gasteiger partial charge is 0.416 e. The number of carbonyl (C=O) groups is 2. The fourth-order valence-corrected chi connectivity index (χ4v) is 6.33. The predicted molar refractivity (Wildman–Crippen MR) is 174 cm³/mol. The van der Waals surface area contributed by atoms with Crippen molar-refractivity contribution in [2.45, 2.75) is 37.1 Å². The molecule has 3 aliphatic rings. The Hall–Kier alpha value is -4.39. The zero-order chi connectivity index (χ0) is 34.8. The molecule has 2 heterocycles. The standard InChI is InChI=1S/C35H31Cl2F3N2O7/c36-27-4-2-1-3-25(27)31(30-19-45-20-48-30)49-32(43)26-18-42(34(12-13-34)33(41)44)14-11-24(26)21-5-8-23(9-6-21)46-15-16-47-29-10-7-22(17-28(29)37)35(38,39)40/h1-10,17,19,31H,11-16,18,20H2,(H2,41,44). The first-order chi connectivity index (χ1) is 23.5. The Morgan fingerprint density at radius 2 is 1.71 bits per heavy atom. The summed E-state index contributed by atoms with van der Waals surface area (Å²) in [7, 11) is 0. The Kier molecular flexibility index (Phi) is 10.0. The number of amides is 1. The number of nitrogens with zero attached hydrogens (tertiary/aromatic N) is 1. The molecule has 14 heteroatoms. The van der Waals surface area contributed by atoms with Crippen LogP contribution >= 0.6 is 23.2 Å². The van der Waals surface area contributed by atoms with E-state index in [1.165, 1.54) is 6.26 Å². The molecule has 1 saturated carbocycles. The molecule has 1 atom stereocenters. The minimum absolute atomic E-state index is 0.0277. The van der Waals surface area contributed by atoms with Gasteiger partial charge in [-0.25, -0.2) is 4.79 Å². The van der Waals surface area contributed by atoms with Crippen LogP contribution in [0.4, 0.5) is 13.2 Å². The van der Waals surface area contributed by atoms with E-state index in [0.717, 1.165) is 29.3 Å². The highest BCUT2D eigenvalue weighted by atomic mass is 35.5. The molecular formula is C35H31Cl2F3N2O7. The van der Waals surface area contributed by atoms with Gasteiger partial charge >= 0.3 is 12.1 Å². The predicted octanol–water partition coefficient (Wildman–Crippen LogP) is 7.08. The molecule has 0 aromatic heterocycles. The number of carbonyl (C=O) groups excluding carboxylic acids is 2. The SMILES string of the molecule is NC(=O)C1(N2CCC(c3ccc(OCCOc4ccc(C(F)(F)F)cc4Cl)cc3)=C(C(=O)OC(C3=COCO3)c3ccccc3Cl)C2)CC1. The molecule has 258 valence electrons. The molecule has 1 unspecified atom stereocenters. The number of rotatable bonds is 12. The highest BCUT2D eigenvalue weighted by Crippen LogP contribution is 2.45. The fourth-order valence-electron chi connectivity index (χ4n) is 5.86. The van der Waals surface area contributed by atoms with Crippen LogP contribution in [0, 0.1) is 0 Å². The summed E-state index contributed by atoms with van der Waals surface area (Å²) in [6.07, 6.45) is -2.43. The molecule has 0 bridgehead atoms. The topological polar surface area (TPSA) is 110 Å². The number of esters is 1. The van der Waals surface area contributed by atoms with E-state index in [0.29, 0.717) is 47.7 Å². The van der Waals surface area contributed by atoms with Crippen LogP contribution in [0.3, 0.4) is 0 Å². The Morgan fingerprint density at radius 3 is 2.35 bits per heavy atom. The first-order valence-corrected chi connectivity index (χ1v) is 16.1. The van der Waals surface area contributed by atoms with Crippen LogP contribution in [0.25, 0.3) is 5.57 Å². The van der Waals surface area contributed by atoms with E-state index in [4.69, 9.17) is 52.6 Å². The normalized spacial score (nSPS) is 17.8. The molecule has 3 aromatic carbocycles. The van der Waals surface area contributed by atoms with Crippen LogP contribution in [-0.4, -0.2) is 55.4 Å². The number of primary amides is 1. The van der Waals surface area contributed by atoms with E-state index in [1.54, 1.807) is 36.4 Å². The summed E-state index contributed by atoms with van der Waals surface area (Å²) in [6, 6.07) is 16.9. The van der Waals surface area contributed by atoms with Crippen molar-refractivity contribution < 1.29 is 46.4 Å². The van der Waals surface area contributed by atoms with Gasteiger partial charge in [0, 0.05) is 23.7 Å². The van der Waals surface area contributed by atoms with Crippen molar-refractivity contribution in [3.05, 3.63) is 111 Å². The minimum Gasteiger partial charge on any atom is -0.490 e. The number of nitrogens with two attached hydrogens (primary N) is 1. The van der Waals surface area contributed by atoms with Gasteiger partial charge in [0.05, 0.1) is 16.2 Å². The van der Waals surface area contributed by atoms with Crippen molar-refractivity contribution in [1.82, 2.24) is 4.90 Å². The average Bonchev–Trinajstić information content (AvgIpc) is 3.73. The number of benzene rings is 3. The molecule has 9 nitrogen and oxygen atoms in total. The molecule has 1 aliphatic carbocycles. The van der Waals surface area contributed by atoms with Crippen molar-refractivity contribution in [1.29, 1.82) is 0 Å². The van der Waals surface area contributed by atoms with E-state index >= 15 is 0 Å². The summed E-state index contributed by atoms with van der Waals surface area (Å²) < 4.78 is 66.9.